The van der Waals surface area contributed by atoms with Crippen molar-refractivity contribution in [3.63, 3.8) is 0 Å². The molecule has 17 heavy (non-hydrogen) atoms. The minimum absolute atomic E-state index is 0.168. The summed E-state index contributed by atoms with van der Waals surface area (Å²) < 4.78 is 0. The molecule has 84 valence electrons. The van der Waals surface area contributed by atoms with Crippen LogP contribution in [0.15, 0.2) is 48.5 Å². The fourth-order valence-electron chi connectivity index (χ4n) is 2.77. The first-order chi connectivity index (χ1) is 8.33. The quantitative estimate of drug-likeness (QED) is 0.717. The van der Waals surface area contributed by atoms with Crippen LogP contribution in [0.3, 0.4) is 0 Å². The van der Waals surface area contributed by atoms with Gasteiger partial charge in [0.05, 0.1) is 0 Å². The van der Waals surface area contributed by atoms with Crippen molar-refractivity contribution in [2.45, 2.75) is 19.3 Å². The third-order valence-electron chi connectivity index (χ3n) is 3.57. The van der Waals surface area contributed by atoms with Crippen LogP contribution in [0, 0.1) is 0 Å². The van der Waals surface area contributed by atoms with E-state index < -0.39 is 0 Å². The van der Waals surface area contributed by atoms with E-state index in [2.05, 4.69) is 19.1 Å². The van der Waals surface area contributed by atoms with Crippen LogP contribution < -0.4 is 0 Å². The van der Waals surface area contributed by atoms with Gasteiger partial charge in [0.25, 0.3) is 0 Å². The SMILES string of the molecule is CCC1c2ccccc2C(=O)c2ccccc21. The van der Waals surface area contributed by atoms with Crippen LogP contribution in [0.25, 0.3) is 0 Å². The first-order valence-corrected chi connectivity index (χ1v) is 6.05. The summed E-state index contributed by atoms with van der Waals surface area (Å²) in [5.74, 6) is 0.529. The number of fused-ring (bicyclic) bond motifs is 2. The van der Waals surface area contributed by atoms with Crippen LogP contribution >= 0.6 is 0 Å². The summed E-state index contributed by atoms with van der Waals surface area (Å²) >= 11 is 0. The van der Waals surface area contributed by atoms with Gasteiger partial charge in [-0.15, -0.1) is 0 Å². The van der Waals surface area contributed by atoms with Crippen molar-refractivity contribution in [3.8, 4) is 0 Å². The highest BCUT2D eigenvalue weighted by Crippen LogP contribution is 2.37. The van der Waals surface area contributed by atoms with Crippen LogP contribution in [-0.2, 0) is 0 Å². The van der Waals surface area contributed by atoms with E-state index in [0.29, 0.717) is 5.92 Å². The van der Waals surface area contributed by atoms with Crippen molar-refractivity contribution in [2.75, 3.05) is 0 Å². The smallest absolute Gasteiger partial charge is 0.193 e. The van der Waals surface area contributed by atoms with Gasteiger partial charge in [0.2, 0.25) is 0 Å². The molecule has 0 unspecified atom stereocenters. The van der Waals surface area contributed by atoms with Gasteiger partial charge >= 0.3 is 0 Å². The highest BCUT2D eigenvalue weighted by Gasteiger charge is 2.28. The Kier molecular flexibility index (Phi) is 2.32. The van der Waals surface area contributed by atoms with Gasteiger partial charge in [0.15, 0.2) is 5.78 Å². The average Bonchev–Trinajstić information content (AvgIpc) is 2.40. The fourth-order valence-corrected chi connectivity index (χ4v) is 2.77. The molecule has 0 fully saturated rings. The molecular weight excluding hydrogens is 208 g/mol. The van der Waals surface area contributed by atoms with E-state index in [-0.39, 0.29) is 5.78 Å². The van der Waals surface area contributed by atoms with Crippen LogP contribution in [-0.4, -0.2) is 5.78 Å². The molecule has 0 heterocycles. The molecule has 1 heteroatoms. The fraction of sp³-hybridized carbons (Fsp3) is 0.188. The number of hydrogen-bond acceptors (Lipinski definition) is 1. The Balaban J connectivity index is 2.29. The summed E-state index contributed by atoms with van der Waals surface area (Å²) in [5.41, 5.74) is 4.11. The number of carbonyl (C=O) groups excluding carboxylic acids is 1. The summed E-state index contributed by atoms with van der Waals surface area (Å²) in [4.78, 5) is 12.4. The molecule has 1 nitrogen and oxygen atoms in total. The third-order valence-corrected chi connectivity index (χ3v) is 3.57. The molecule has 2 aromatic carbocycles. The standard InChI is InChI=1S/C16H14O/c1-2-11-12-7-3-5-9-14(12)16(17)15-10-6-4-8-13(11)15/h3-11H,2H2,1H3. The largest absolute Gasteiger partial charge is 0.289 e. The molecule has 0 aromatic heterocycles. The summed E-state index contributed by atoms with van der Waals surface area (Å²) in [7, 11) is 0. The maximum atomic E-state index is 12.4. The predicted octanol–water partition coefficient (Wildman–Crippen LogP) is 3.77. The van der Waals surface area contributed by atoms with Crippen LogP contribution in [0.1, 0.15) is 46.3 Å². The second kappa shape index (κ2) is 3.85. The van der Waals surface area contributed by atoms with Gasteiger partial charge in [0, 0.05) is 17.0 Å². The molecule has 1 aliphatic carbocycles. The van der Waals surface area contributed by atoms with Crippen LogP contribution in [0.4, 0.5) is 0 Å². The number of rotatable bonds is 1. The predicted molar refractivity (Wildman–Crippen MR) is 68.5 cm³/mol. The zero-order valence-electron chi connectivity index (χ0n) is 9.81. The van der Waals surface area contributed by atoms with Crippen LogP contribution in [0.2, 0.25) is 0 Å². The van der Waals surface area contributed by atoms with E-state index in [1.807, 2.05) is 36.4 Å². The van der Waals surface area contributed by atoms with Gasteiger partial charge in [-0.2, -0.15) is 0 Å². The Hall–Kier alpha value is -1.89. The average molecular weight is 222 g/mol. The van der Waals surface area contributed by atoms with E-state index in [4.69, 9.17) is 0 Å². The van der Waals surface area contributed by atoms with Crippen molar-refractivity contribution in [2.24, 2.45) is 0 Å². The highest BCUT2D eigenvalue weighted by molar-refractivity contribution is 6.12. The Morgan fingerprint density at radius 2 is 1.35 bits per heavy atom. The second-order valence-corrected chi connectivity index (χ2v) is 4.46. The Labute approximate surface area is 101 Å². The molecular formula is C16H14O. The number of hydrogen-bond donors (Lipinski definition) is 0. The van der Waals surface area contributed by atoms with Gasteiger partial charge in [-0.05, 0) is 17.5 Å². The number of carbonyl (C=O) groups is 1. The summed E-state index contributed by atoms with van der Waals surface area (Å²) in [6, 6.07) is 16.0. The molecule has 0 saturated heterocycles. The van der Waals surface area contributed by atoms with E-state index in [0.717, 1.165) is 17.5 Å². The van der Waals surface area contributed by atoms with Crippen molar-refractivity contribution >= 4 is 5.78 Å². The van der Waals surface area contributed by atoms with Gasteiger partial charge in [-0.1, -0.05) is 55.5 Å². The monoisotopic (exact) mass is 222 g/mol. The summed E-state index contributed by atoms with van der Waals surface area (Å²) in [6.07, 6.45) is 1.03. The van der Waals surface area contributed by atoms with Crippen molar-refractivity contribution < 1.29 is 4.79 Å². The molecule has 0 aliphatic heterocycles. The molecule has 0 N–H and O–H groups in total. The number of ketones is 1. The molecule has 0 radical (unpaired) electrons. The number of benzene rings is 2. The van der Waals surface area contributed by atoms with Gasteiger partial charge < -0.3 is 0 Å². The summed E-state index contributed by atoms with van der Waals surface area (Å²) in [6.45, 7) is 2.17. The Morgan fingerprint density at radius 1 is 0.882 bits per heavy atom. The van der Waals surface area contributed by atoms with Crippen molar-refractivity contribution in [3.05, 3.63) is 70.8 Å². The lowest BCUT2D eigenvalue weighted by atomic mass is 9.76. The normalized spacial score (nSPS) is 14.3. The lowest BCUT2D eigenvalue weighted by Gasteiger charge is -2.26. The maximum Gasteiger partial charge on any atom is 0.193 e. The second-order valence-electron chi connectivity index (χ2n) is 4.46. The van der Waals surface area contributed by atoms with Gasteiger partial charge in [-0.25, -0.2) is 0 Å². The molecule has 0 bridgehead atoms. The van der Waals surface area contributed by atoms with Gasteiger partial charge in [0.1, 0.15) is 0 Å². The van der Waals surface area contributed by atoms with Crippen LogP contribution in [0.5, 0.6) is 0 Å². The first-order valence-electron chi connectivity index (χ1n) is 6.05. The molecule has 0 spiro atoms. The maximum absolute atomic E-state index is 12.4. The lowest BCUT2D eigenvalue weighted by Crippen LogP contribution is -2.18. The van der Waals surface area contributed by atoms with E-state index >= 15 is 0 Å². The van der Waals surface area contributed by atoms with E-state index in [1.165, 1.54) is 11.1 Å². The van der Waals surface area contributed by atoms with E-state index in [9.17, 15) is 4.79 Å². The Morgan fingerprint density at radius 3 is 1.82 bits per heavy atom. The first kappa shape index (κ1) is 10.3. The molecule has 2 aromatic rings. The molecule has 3 rings (SSSR count). The summed E-state index contributed by atoms with van der Waals surface area (Å²) in [5, 5.41) is 0. The van der Waals surface area contributed by atoms with E-state index in [1.54, 1.807) is 0 Å². The third kappa shape index (κ3) is 1.42. The minimum atomic E-state index is 0.168. The van der Waals surface area contributed by atoms with Crippen molar-refractivity contribution in [1.82, 2.24) is 0 Å². The molecule has 0 amide bonds. The zero-order chi connectivity index (χ0) is 11.8. The van der Waals surface area contributed by atoms with Gasteiger partial charge in [-0.3, -0.25) is 4.79 Å². The highest BCUT2D eigenvalue weighted by atomic mass is 16.1. The molecule has 1 aliphatic rings. The Bertz CT molecular complexity index is 534. The lowest BCUT2D eigenvalue weighted by molar-refractivity contribution is 0.103. The zero-order valence-corrected chi connectivity index (χ0v) is 9.81. The topological polar surface area (TPSA) is 17.1 Å². The molecule has 0 saturated carbocycles. The molecule has 0 atom stereocenters. The van der Waals surface area contributed by atoms with Crippen molar-refractivity contribution in [1.29, 1.82) is 0 Å². The minimum Gasteiger partial charge on any atom is -0.289 e.